The van der Waals surface area contributed by atoms with Crippen LogP contribution in [0.5, 0.6) is 5.75 Å². The summed E-state index contributed by atoms with van der Waals surface area (Å²) in [4.78, 5) is 16.2. The van der Waals surface area contributed by atoms with Crippen molar-refractivity contribution in [1.82, 2.24) is 15.1 Å². The molecule has 1 N–H and O–H groups in total. The third-order valence-electron chi connectivity index (χ3n) is 4.56. The molecule has 5 nitrogen and oxygen atoms in total. The SMILES string of the molecule is CC(C)Oc1cccc(CN2CCC(N3CCNC3=O)CC2)c1. The van der Waals surface area contributed by atoms with Gasteiger partial charge in [-0.2, -0.15) is 0 Å². The van der Waals surface area contributed by atoms with E-state index in [0.717, 1.165) is 51.3 Å². The molecule has 0 aliphatic carbocycles. The molecule has 0 bridgehead atoms. The minimum Gasteiger partial charge on any atom is -0.491 e. The Morgan fingerprint density at radius 2 is 2.04 bits per heavy atom. The quantitative estimate of drug-likeness (QED) is 0.907. The van der Waals surface area contributed by atoms with Crippen molar-refractivity contribution >= 4 is 6.03 Å². The highest BCUT2D eigenvalue weighted by atomic mass is 16.5. The van der Waals surface area contributed by atoms with Gasteiger partial charge in [-0.25, -0.2) is 4.79 Å². The number of nitrogens with one attached hydrogen (secondary N) is 1. The number of benzene rings is 1. The number of amides is 2. The van der Waals surface area contributed by atoms with E-state index >= 15 is 0 Å². The summed E-state index contributed by atoms with van der Waals surface area (Å²) >= 11 is 0. The maximum Gasteiger partial charge on any atom is 0.317 e. The van der Waals surface area contributed by atoms with Crippen LogP contribution in [0.4, 0.5) is 4.79 Å². The van der Waals surface area contributed by atoms with Crippen LogP contribution in [0.25, 0.3) is 0 Å². The van der Waals surface area contributed by atoms with Crippen LogP contribution in [0.2, 0.25) is 0 Å². The van der Waals surface area contributed by atoms with Gasteiger partial charge in [0.15, 0.2) is 0 Å². The predicted molar refractivity (Wildman–Crippen MR) is 90.6 cm³/mol. The smallest absolute Gasteiger partial charge is 0.317 e. The van der Waals surface area contributed by atoms with Gasteiger partial charge in [0.1, 0.15) is 5.75 Å². The number of carbonyl (C=O) groups excluding carboxylic acids is 1. The van der Waals surface area contributed by atoms with E-state index < -0.39 is 0 Å². The Morgan fingerprint density at radius 1 is 1.26 bits per heavy atom. The molecule has 126 valence electrons. The first-order valence-corrected chi connectivity index (χ1v) is 8.64. The molecule has 0 atom stereocenters. The average molecular weight is 317 g/mol. The fourth-order valence-corrected chi connectivity index (χ4v) is 3.47. The molecule has 0 unspecified atom stereocenters. The molecule has 2 amide bonds. The molecule has 1 aromatic rings. The monoisotopic (exact) mass is 317 g/mol. The summed E-state index contributed by atoms with van der Waals surface area (Å²) in [6.45, 7) is 8.79. The van der Waals surface area contributed by atoms with Crippen molar-refractivity contribution in [2.45, 2.75) is 45.4 Å². The summed E-state index contributed by atoms with van der Waals surface area (Å²) in [5.74, 6) is 0.945. The molecule has 0 spiro atoms. The van der Waals surface area contributed by atoms with Crippen LogP contribution in [-0.4, -0.2) is 54.2 Å². The number of ether oxygens (including phenoxy) is 1. The Hall–Kier alpha value is -1.75. The summed E-state index contributed by atoms with van der Waals surface area (Å²) < 4.78 is 5.77. The van der Waals surface area contributed by atoms with E-state index in [0.29, 0.717) is 6.04 Å². The maximum atomic E-state index is 11.8. The zero-order chi connectivity index (χ0) is 16.2. The van der Waals surface area contributed by atoms with Crippen LogP contribution in [0.15, 0.2) is 24.3 Å². The third-order valence-corrected chi connectivity index (χ3v) is 4.56. The van der Waals surface area contributed by atoms with Gasteiger partial charge in [-0.05, 0) is 44.4 Å². The Morgan fingerprint density at radius 3 is 2.70 bits per heavy atom. The van der Waals surface area contributed by atoms with Gasteiger partial charge >= 0.3 is 6.03 Å². The van der Waals surface area contributed by atoms with E-state index in [1.807, 2.05) is 24.8 Å². The largest absolute Gasteiger partial charge is 0.491 e. The highest BCUT2D eigenvalue weighted by molar-refractivity contribution is 5.76. The van der Waals surface area contributed by atoms with Gasteiger partial charge in [-0.3, -0.25) is 4.90 Å². The number of urea groups is 1. The molecule has 2 fully saturated rings. The highest BCUT2D eigenvalue weighted by Crippen LogP contribution is 2.21. The normalized spacial score (nSPS) is 20.1. The van der Waals surface area contributed by atoms with Gasteiger partial charge in [0, 0.05) is 38.8 Å². The first-order chi connectivity index (χ1) is 11.1. The number of nitrogens with zero attached hydrogens (tertiary/aromatic N) is 2. The fourth-order valence-electron chi connectivity index (χ4n) is 3.47. The fraction of sp³-hybridized carbons (Fsp3) is 0.611. The van der Waals surface area contributed by atoms with Crippen LogP contribution in [0.1, 0.15) is 32.3 Å². The lowest BCUT2D eigenvalue weighted by molar-refractivity contribution is 0.132. The van der Waals surface area contributed by atoms with Crippen molar-refractivity contribution in [1.29, 1.82) is 0 Å². The molecule has 2 aliphatic rings. The number of carbonyl (C=O) groups is 1. The Balaban J connectivity index is 1.51. The second-order valence-electron chi connectivity index (χ2n) is 6.75. The molecule has 0 aromatic heterocycles. The summed E-state index contributed by atoms with van der Waals surface area (Å²) in [5.41, 5.74) is 1.29. The van der Waals surface area contributed by atoms with Crippen molar-refractivity contribution in [3.05, 3.63) is 29.8 Å². The Kier molecular flexibility index (Phi) is 5.06. The van der Waals surface area contributed by atoms with E-state index in [1.54, 1.807) is 0 Å². The molecule has 2 heterocycles. The molecule has 3 rings (SSSR count). The van der Waals surface area contributed by atoms with Gasteiger partial charge in [0.05, 0.1) is 6.10 Å². The minimum atomic E-state index is 0.113. The molecular weight excluding hydrogens is 290 g/mol. The molecular formula is C18H27N3O2. The van der Waals surface area contributed by atoms with Gasteiger partial charge < -0.3 is 15.0 Å². The second-order valence-corrected chi connectivity index (χ2v) is 6.75. The zero-order valence-electron chi connectivity index (χ0n) is 14.1. The molecule has 0 saturated carbocycles. The van der Waals surface area contributed by atoms with E-state index in [4.69, 9.17) is 4.74 Å². The first-order valence-electron chi connectivity index (χ1n) is 8.64. The molecule has 0 radical (unpaired) electrons. The zero-order valence-corrected chi connectivity index (χ0v) is 14.1. The first kappa shape index (κ1) is 16.1. The molecule has 5 heteroatoms. The summed E-state index contributed by atoms with van der Waals surface area (Å²) in [6.07, 6.45) is 2.33. The number of hydrogen-bond acceptors (Lipinski definition) is 3. The van der Waals surface area contributed by atoms with Crippen molar-refractivity contribution in [2.24, 2.45) is 0 Å². The Labute approximate surface area is 138 Å². The number of hydrogen-bond donors (Lipinski definition) is 1. The van der Waals surface area contributed by atoms with E-state index in [9.17, 15) is 4.79 Å². The Bertz CT molecular complexity index is 539. The van der Waals surface area contributed by atoms with Crippen LogP contribution >= 0.6 is 0 Å². The van der Waals surface area contributed by atoms with Crippen molar-refractivity contribution < 1.29 is 9.53 Å². The maximum absolute atomic E-state index is 11.8. The van der Waals surface area contributed by atoms with E-state index in [1.165, 1.54) is 5.56 Å². The third kappa shape index (κ3) is 4.16. The standard InChI is InChI=1S/C18H27N3O2/c1-14(2)23-17-5-3-4-15(12-17)13-20-9-6-16(7-10-20)21-11-8-19-18(21)22/h3-5,12,14,16H,6-11,13H2,1-2H3,(H,19,22). The number of likely N-dealkylation sites (tertiary alicyclic amines) is 1. The van der Waals surface area contributed by atoms with Crippen LogP contribution < -0.4 is 10.1 Å². The molecule has 2 aliphatic heterocycles. The lowest BCUT2D eigenvalue weighted by Gasteiger charge is -2.36. The average Bonchev–Trinajstić information content (AvgIpc) is 2.94. The van der Waals surface area contributed by atoms with Gasteiger partial charge in [0.25, 0.3) is 0 Å². The topological polar surface area (TPSA) is 44.8 Å². The number of rotatable bonds is 5. The molecule has 2 saturated heterocycles. The lowest BCUT2D eigenvalue weighted by Crippen LogP contribution is -2.45. The summed E-state index contributed by atoms with van der Waals surface area (Å²) in [5, 5.41) is 2.90. The predicted octanol–water partition coefficient (Wildman–Crippen LogP) is 2.46. The van der Waals surface area contributed by atoms with Crippen molar-refractivity contribution in [3.63, 3.8) is 0 Å². The van der Waals surface area contributed by atoms with Crippen LogP contribution in [0.3, 0.4) is 0 Å². The van der Waals surface area contributed by atoms with Gasteiger partial charge in [-0.15, -0.1) is 0 Å². The highest BCUT2D eigenvalue weighted by Gasteiger charge is 2.30. The minimum absolute atomic E-state index is 0.113. The molecule has 23 heavy (non-hydrogen) atoms. The van der Waals surface area contributed by atoms with Gasteiger partial charge in [0.2, 0.25) is 0 Å². The van der Waals surface area contributed by atoms with Gasteiger partial charge in [-0.1, -0.05) is 12.1 Å². The summed E-state index contributed by atoms with van der Waals surface area (Å²) in [6, 6.07) is 8.90. The molecule has 1 aromatic carbocycles. The van der Waals surface area contributed by atoms with Crippen LogP contribution in [-0.2, 0) is 6.54 Å². The van der Waals surface area contributed by atoms with Crippen molar-refractivity contribution in [3.8, 4) is 5.75 Å². The number of piperidine rings is 1. The second kappa shape index (κ2) is 7.21. The van der Waals surface area contributed by atoms with E-state index in [2.05, 4.69) is 28.4 Å². The van der Waals surface area contributed by atoms with E-state index in [-0.39, 0.29) is 12.1 Å². The lowest BCUT2D eigenvalue weighted by atomic mass is 10.0. The van der Waals surface area contributed by atoms with Crippen molar-refractivity contribution in [2.75, 3.05) is 26.2 Å². The summed E-state index contributed by atoms with van der Waals surface area (Å²) in [7, 11) is 0. The van der Waals surface area contributed by atoms with Crippen LogP contribution in [0, 0.1) is 0 Å².